The summed E-state index contributed by atoms with van der Waals surface area (Å²) >= 11 is 0. The molecule has 10 rings (SSSR count). The minimum Gasteiger partial charge on any atom is -0.457 e. The summed E-state index contributed by atoms with van der Waals surface area (Å²) in [4.78, 5) is 10.1. The second kappa shape index (κ2) is 19.6. The molecule has 0 aliphatic carbocycles. The van der Waals surface area contributed by atoms with Crippen LogP contribution in [0.2, 0.25) is 0 Å². The molecule has 0 saturated carbocycles. The predicted octanol–water partition coefficient (Wildman–Crippen LogP) is 19.4. The Balaban J connectivity index is 1.18. The Labute approximate surface area is 453 Å². The molecule has 5 nitrogen and oxygen atoms in total. The molecule has 388 valence electrons. The standard InChI is InChI=1S/C71H78N4O/c1-46(2)58-30-24-31-59(47(3)4)66(58)49-35-54(73-44-64(48-25-18-16-19-26-48)74(45-73)55-38-52(68(5,6)7)37-53(39-55)69(8,9)10)41-56(36-49)76-57-42-61(70(11,12)13)67-60-29-22-23-32-62(60)75(63(67)43-57)65-40-51(33-34-72-65)71(14,15)50-27-20-17-21-28-50/h16-44,46-47H,45H2,1-15H3. The van der Waals surface area contributed by atoms with Gasteiger partial charge in [-0.3, -0.25) is 4.57 Å². The highest BCUT2D eigenvalue weighted by atomic mass is 16.5. The molecule has 7 aromatic carbocycles. The molecule has 1 aliphatic heterocycles. The van der Waals surface area contributed by atoms with Gasteiger partial charge in [-0.2, -0.15) is 0 Å². The van der Waals surface area contributed by atoms with Crippen molar-refractivity contribution in [2.24, 2.45) is 0 Å². The molecular weight excluding hydrogens is 925 g/mol. The third-order valence-corrected chi connectivity index (χ3v) is 15.8. The number of para-hydroxylation sites is 1. The van der Waals surface area contributed by atoms with Crippen molar-refractivity contribution in [3.63, 3.8) is 0 Å². The van der Waals surface area contributed by atoms with E-state index in [9.17, 15) is 0 Å². The Kier molecular flexibility index (Phi) is 13.5. The third-order valence-electron chi connectivity index (χ3n) is 15.8. The predicted molar refractivity (Wildman–Crippen MR) is 324 cm³/mol. The van der Waals surface area contributed by atoms with Gasteiger partial charge in [0.1, 0.15) is 17.3 Å². The quantitative estimate of drug-likeness (QED) is 0.129. The summed E-state index contributed by atoms with van der Waals surface area (Å²) in [5, 5.41) is 2.41. The van der Waals surface area contributed by atoms with Crippen molar-refractivity contribution in [1.82, 2.24) is 9.55 Å². The van der Waals surface area contributed by atoms with Crippen LogP contribution < -0.4 is 14.5 Å². The lowest BCUT2D eigenvalue weighted by Crippen LogP contribution is -2.27. The van der Waals surface area contributed by atoms with Gasteiger partial charge in [-0.25, -0.2) is 4.98 Å². The van der Waals surface area contributed by atoms with Crippen molar-refractivity contribution in [2.75, 3.05) is 16.5 Å². The number of hydrogen-bond acceptors (Lipinski definition) is 4. The molecule has 0 amide bonds. The van der Waals surface area contributed by atoms with Gasteiger partial charge < -0.3 is 14.5 Å². The lowest BCUT2D eigenvalue weighted by Gasteiger charge is -2.30. The van der Waals surface area contributed by atoms with Crippen molar-refractivity contribution < 1.29 is 4.74 Å². The Morgan fingerprint density at radius 2 is 1.09 bits per heavy atom. The number of rotatable bonds is 11. The zero-order valence-corrected chi connectivity index (χ0v) is 47.8. The topological polar surface area (TPSA) is 33.5 Å². The average molecular weight is 1000 g/mol. The summed E-state index contributed by atoms with van der Waals surface area (Å²) in [7, 11) is 0. The van der Waals surface area contributed by atoms with Gasteiger partial charge in [0.05, 0.1) is 23.4 Å². The normalized spacial score (nSPS) is 13.7. The third kappa shape index (κ3) is 9.97. The first-order chi connectivity index (χ1) is 36.0. The first-order valence-electron chi connectivity index (χ1n) is 27.5. The molecule has 0 radical (unpaired) electrons. The lowest BCUT2D eigenvalue weighted by molar-refractivity contribution is 0.480. The van der Waals surface area contributed by atoms with Crippen LogP contribution >= 0.6 is 0 Å². The van der Waals surface area contributed by atoms with Crippen LogP contribution in [0.4, 0.5) is 11.4 Å². The average Bonchev–Trinajstić information content (AvgIpc) is 3.99. The van der Waals surface area contributed by atoms with E-state index in [0.717, 1.165) is 45.3 Å². The number of benzene rings is 7. The SMILES string of the molecule is CC(C)c1cccc(C(C)C)c1-c1cc(Oc2cc(C(C)(C)C)c3c4ccccc4n(-c4cc(C(C)(C)c5ccccc5)ccn4)c3c2)cc(N2C=C(c3ccccc3)N(c3cc(C(C)(C)C)cc(C(C)(C)C)c3)C2)c1. The van der Waals surface area contributed by atoms with E-state index in [1.165, 1.54) is 66.5 Å². The largest absolute Gasteiger partial charge is 0.457 e. The number of pyridine rings is 1. The van der Waals surface area contributed by atoms with E-state index in [1.54, 1.807) is 0 Å². The zero-order valence-electron chi connectivity index (χ0n) is 47.8. The van der Waals surface area contributed by atoms with Gasteiger partial charge in [0.25, 0.3) is 0 Å². The minimum atomic E-state index is -0.246. The maximum absolute atomic E-state index is 7.44. The Hall–Kier alpha value is -7.37. The fourth-order valence-electron chi connectivity index (χ4n) is 11.2. The molecule has 0 saturated heterocycles. The Morgan fingerprint density at radius 1 is 0.487 bits per heavy atom. The molecule has 0 unspecified atom stereocenters. The lowest BCUT2D eigenvalue weighted by atomic mass is 9.78. The molecule has 0 atom stereocenters. The monoisotopic (exact) mass is 1000 g/mol. The van der Waals surface area contributed by atoms with Gasteiger partial charge in [-0.15, -0.1) is 0 Å². The molecule has 1 aliphatic rings. The minimum absolute atomic E-state index is 0.0331. The highest BCUT2D eigenvalue weighted by Gasteiger charge is 2.31. The van der Waals surface area contributed by atoms with Crippen molar-refractivity contribution >= 4 is 38.9 Å². The fraction of sp³-hybridized carbons (Fsp3) is 0.310. The van der Waals surface area contributed by atoms with E-state index < -0.39 is 0 Å². The zero-order chi connectivity index (χ0) is 54.1. The molecule has 9 aromatic rings. The number of anilines is 2. The van der Waals surface area contributed by atoms with Crippen molar-refractivity contribution in [2.45, 2.75) is 137 Å². The maximum atomic E-state index is 7.44. The van der Waals surface area contributed by atoms with Gasteiger partial charge in [0.2, 0.25) is 0 Å². The van der Waals surface area contributed by atoms with Crippen LogP contribution in [0.5, 0.6) is 11.5 Å². The van der Waals surface area contributed by atoms with Crippen LogP contribution in [0.25, 0.3) is 44.4 Å². The molecule has 3 heterocycles. The number of aromatic nitrogens is 2. The van der Waals surface area contributed by atoms with E-state index in [2.05, 4.69) is 288 Å². The highest BCUT2D eigenvalue weighted by molar-refractivity contribution is 6.11. The van der Waals surface area contributed by atoms with Crippen molar-refractivity contribution in [3.8, 4) is 28.4 Å². The first-order valence-corrected chi connectivity index (χ1v) is 27.5. The van der Waals surface area contributed by atoms with Gasteiger partial charge in [-0.1, -0.05) is 207 Å². The van der Waals surface area contributed by atoms with E-state index in [1.807, 2.05) is 6.20 Å². The fourth-order valence-corrected chi connectivity index (χ4v) is 11.2. The summed E-state index contributed by atoms with van der Waals surface area (Å²) in [6.45, 7) is 35.3. The van der Waals surface area contributed by atoms with Crippen LogP contribution in [0, 0.1) is 0 Å². The van der Waals surface area contributed by atoms with E-state index in [0.29, 0.717) is 18.5 Å². The molecule has 5 heteroatoms. The van der Waals surface area contributed by atoms with E-state index in [-0.39, 0.29) is 21.7 Å². The number of ether oxygens (including phenoxy) is 1. The van der Waals surface area contributed by atoms with Crippen molar-refractivity contribution in [3.05, 3.63) is 221 Å². The van der Waals surface area contributed by atoms with Crippen LogP contribution in [-0.2, 0) is 21.7 Å². The van der Waals surface area contributed by atoms with Gasteiger partial charge >= 0.3 is 0 Å². The Morgan fingerprint density at radius 3 is 1.71 bits per heavy atom. The molecule has 2 aromatic heterocycles. The molecular formula is C71H78N4O. The van der Waals surface area contributed by atoms with E-state index >= 15 is 0 Å². The summed E-state index contributed by atoms with van der Waals surface area (Å²) in [6.07, 6.45) is 4.31. The number of fused-ring (bicyclic) bond motifs is 3. The van der Waals surface area contributed by atoms with Crippen LogP contribution in [-0.4, -0.2) is 16.2 Å². The molecule has 0 fully saturated rings. The summed E-state index contributed by atoms with van der Waals surface area (Å²) in [5.41, 5.74) is 17.7. The molecule has 76 heavy (non-hydrogen) atoms. The van der Waals surface area contributed by atoms with E-state index in [4.69, 9.17) is 9.72 Å². The summed E-state index contributed by atoms with van der Waals surface area (Å²) in [5.74, 6) is 3.06. The summed E-state index contributed by atoms with van der Waals surface area (Å²) < 4.78 is 9.79. The second-order valence-corrected chi connectivity index (χ2v) is 25.5. The number of hydrogen-bond donors (Lipinski definition) is 0. The second-order valence-electron chi connectivity index (χ2n) is 25.5. The van der Waals surface area contributed by atoms with Gasteiger partial charge in [-0.05, 0) is 132 Å². The summed E-state index contributed by atoms with van der Waals surface area (Å²) in [6, 6.07) is 60.4. The van der Waals surface area contributed by atoms with Crippen LogP contribution in [0.15, 0.2) is 176 Å². The highest BCUT2D eigenvalue weighted by Crippen LogP contribution is 2.46. The van der Waals surface area contributed by atoms with Gasteiger partial charge in [0.15, 0.2) is 0 Å². The van der Waals surface area contributed by atoms with Crippen LogP contribution in [0.1, 0.15) is 160 Å². The van der Waals surface area contributed by atoms with Crippen molar-refractivity contribution in [1.29, 1.82) is 0 Å². The van der Waals surface area contributed by atoms with Crippen LogP contribution in [0.3, 0.4) is 0 Å². The molecule has 0 N–H and O–H groups in total. The molecule has 0 spiro atoms. The smallest absolute Gasteiger partial charge is 0.137 e. The molecule has 0 bridgehead atoms. The van der Waals surface area contributed by atoms with Gasteiger partial charge in [0, 0.05) is 52.1 Å². The maximum Gasteiger partial charge on any atom is 0.137 e. The number of nitrogens with zero attached hydrogens (tertiary/aromatic N) is 4. The first kappa shape index (κ1) is 52.1. The Bertz CT molecular complexity index is 3570.